The summed E-state index contributed by atoms with van der Waals surface area (Å²) >= 11 is 0. The molecule has 4 aromatic rings. The van der Waals surface area contributed by atoms with Crippen LogP contribution in [0.15, 0.2) is 67.3 Å². The molecule has 0 atom stereocenters. The van der Waals surface area contributed by atoms with Crippen LogP contribution in [0.1, 0.15) is 16.8 Å². The number of hydrogen-bond acceptors (Lipinski definition) is 5. The monoisotopic (exact) mass is 415 g/mol. The van der Waals surface area contributed by atoms with Crippen LogP contribution in [0.4, 0.5) is 8.78 Å². The van der Waals surface area contributed by atoms with Crippen molar-refractivity contribution in [3.05, 3.63) is 95.7 Å². The summed E-state index contributed by atoms with van der Waals surface area (Å²) in [7, 11) is 0. The molecule has 0 fully saturated rings. The van der Waals surface area contributed by atoms with E-state index in [4.69, 9.17) is 4.98 Å². The second kappa shape index (κ2) is 8.28. The molecular weight excluding hydrogens is 396 g/mol. The second-order valence-electron chi connectivity index (χ2n) is 7.54. The second-order valence-corrected chi connectivity index (χ2v) is 7.54. The number of pyridine rings is 2. The molecule has 0 aliphatic carbocycles. The standard InChI is InChI=1S/C24H19F2N5/c25-19-4-5-20(21(26)10-19)23-6-3-16(11-28-23)14-31-9-7-22-18(15-31)13-29-24(30-22)17-2-1-8-27-12-17/h1-6,8,10-13H,7,9,14-15H2. The van der Waals surface area contributed by atoms with Gasteiger partial charge in [-0.25, -0.2) is 18.7 Å². The largest absolute Gasteiger partial charge is 0.294 e. The average Bonchev–Trinajstić information content (AvgIpc) is 2.80. The molecule has 0 unspecified atom stereocenters. The number of fused-ring (bicyclic) bond motifs is 1. The molecule has 0 saturated carbocycles. The quantitative estimate of drug-likeness (QED) is 0.493. The summed E-state index contributed by atoms with van der Waals surface area (Å²) in [5.41, 5.74) is 4.92. The molecule has 1 aliphatic rings. The van der Waals surface area contributed by atoms with Gasteiger partial charge in [0.25, 0.3) is 0 Å². The normalized spacial score (nSPS) is 13.7. The van der Waals surface area contributed by atoms with Gasteiger partial charge < -0.3 is 0 Å². The molecule has 0 spiro atoms. The SMILES string of the molecule is Fc1ccc(-c2ccc(CN3CCc4nc(-c5cccnc5)ncc4C3)cn2)c(F)c1. The van der Waals surface area contributed by atoms with Gasteiger partial charge in [-0.1, -0.05) is 6.07 Å². The first-order valence-corrected chi connectivity index (χ1v) is 10.0. The highest BCUT2D eigenvalue weighted by Crippen LogP contribution is 2.24. The van der Waals surface area contributed by atoms with Gasteiger partial charge in [-0.05, 0) is 35.9 Å². The van der Waals surface area contributed by atoms with Gasteiger partial charge in [0.1, 0.15) is 11.6 Å². The first-order chi connectivity index (χ1) is 15.2. The van der Waals surface area contributed by atoms with Crippen LogP contribution < -0.4 is 0 Å². The van der Waals surface area contributed by atoms with E-state index in [1.165, 1.54) is 12.1 Å². The molecule has 31 heavy (non-hydrogen) atoms. The van der Waals surface area contributed by atoms with Crippen molar-refractivity contribution in [2.45, 2.75) is 19.5 Å². The average molecular weight is 415 g/mol. The number of benzene rings is 1. The lowest BCUT2D eigenvalue weighted by Crippen LogP contribution is -2.31. The van der Waals surface area contributed by atoms with Crippen LogP contribution in [0.3, 0.4) is 0 Å². The van der Waals surface area contributed by atoms with Crippen LogP contribution in [0, 0.1) is 11.6 Å². The van der Waals surface area contributed by atoms with Crippen molar-refractivity contribution in [1.29, 1.82) is 0 Å². The highest BCUT2D eigenvalue weighted by molar-refractivity contribution is 5.59. The van der Waals surface area contributed by atoms with E-state index in [-0.39, 0.29) is 0 Å². The van der Waals surface area contributed by atoms with Crippen molar-refractivity contribution in [3.8, 4) is 22.6 Å². The fraction of sp³-hybridized carbons (Fsp3) is 0.167. The third kappa shape index (κ3) is 4.18. The smallest absolute Gasteiger partial charge is 0.160 e. The zero-order chi connectivity index (χ0) is 21.2. The Morgan fingerprint density at radius 1 is 0.968 bits per heavy atom. The van der Waals surface area contributed by atoms with E-state index in [1.54, 1.807) is 24.7 Å². The summed E-state index contributed by atoms with van der Waals surface area (Å²) in [4.78, 5) is 20.1. The van der Waals surface area contributed by atoms with Crippen LogP contribution in [-0.2, 0) is 19.5 Å². The van der Waals surface area contributed by atoms with E-state index >= 15 is 0 Å². The molecular formula is C24H19F2N5. The molecule has 7 heteroatoms. The number of hydrogen-bond donors (Lipinski definition) is 0. The molecule has 4 heterocycles. The van der Waals surface area contributed by atoms with Gasteiger partial charge in [0.05, 0.1) is 11.4 Å². The van der Waals surface area contributed by atoms with Crippen molar-refractivity contribution in [3.63, 3.8) is 0 Å². The molecule has 5 rings (SSSR count). The Hall–Kier alpha value is -3.58. The van der Waals surface area contributed by atoms with Crippen LogP contribution in [0.5, 0.6) is 0 Å². The van der Waals surface area contributed by atoms with Gasteiger partial charge >= 0.3 is 0 Å². The fourth-order valence-electron chi connectivity index (χ4n) is 3.78. The molecule has 0 bridgehead atoms. The lowest BCUT2D eigenvalue weighted by Gasteiger charge is -2.28. The van der Waals surface area contributed by atoms with Crippen LogP contribution in [-0.4, -0.2) is 31.4 Å². The Kier molecular flexibility index (Phi) is 5.18. The highest BCUT2D eigenvalue weighted by atomic mass is 19.1. The number of rotatable bonds is 4. The van der Waals surface area contributed by atoms with E-state index in [0.717, 1.165) is 54.5 Å². The first-order valence-electron chi connectivity index (χ1n) is 10.0. The van der Waals surface area contributed by atoms with Gasteiger partial charge in [-0.2, -0.15) is 0 Å². The van der Waals surface area contributed by atoms with Gasteiger partial charge in [-0.15, -0.1) is 0 Å². The minimum Gasteiger partial charge on any atom is -0.294 e. The van der Waals surface area contributed by atoms with Crippen LogP contribution in [0.2, 0.25) is 0 Å². The maximum Gasteiger partial charge on any atom is 0.160 e. The molecule has 5 nitrogen and oxygen atoms in total. The Morgan fingerprint density at radius 3 is 2.68 bits per heavy atom. The summed E-state index contributed by atoms with van der Waals surface area (Å²) in [6.45, 7) is 2.37. The number of nitrogens with zero attached hydrogens (tertiary/aromatic N) is 5. The van der Waals surface area contributed by atoms with E-state index in [0.29, 0.717) is 17.1 Å². The third-order valence-corrected chi connectivity index (χ3v) is 5.37. The van der Waals surface area contributed by atoms with E-state index in [2.05, 4.69) is 19.9 Å². The Morgan fingerprint density at radius 2 is 1.90 bits per heavy atom. The van der Waals surface area contributed by atoms with Gasteiger partial charge in [0.2, 0.25) is 0 Å². The van der Waals surface area contributed by atoms with Crippen molar-refractivity contribution in [1.82, 2.24) is 24.8 Å². The van der Waals surface area contributed by atoms with E-state index in [9.17, 15) is 8.78 Å². The Balaban J connectivity index is 1.28. The third-order valence-electron chi connectivity index (χ3n) is 5.37. The Labute approximate surface area is 178 Å². The predicted octanol–water partition coefficient (Wildman–Crippen LogP) is 4.44. The van der Waals surface area contributed by atoms with Crippen LogP contribution in [0.25, 0.3) is 22.6 Å². The molecule has 1 aromatic carbocycles. The Bertz CT molecular complexity index is 1210. The van der Waals surface area contributed by atoms with E-state index in [1.807, 2.05) is 24.4 Å². The van der Waals surface area contributed by atoms with Gasteiger partial charge in [0, 0.05) is 73.6 Å². The van der Waals surface area contributed by atoms with Gasteiger partial charge in [-0.3, -0.25) is 14.9 Å². The molecule has 0 N–H and O–H groups in total. The summed E-state index contributed by atoms with van der Waals surface area (Å²) in [5, 5.41) is 0. The minimum atomic E-state index is -0.612. The number of halogens is 2. The number of aromatic nitrogens is 4. The summed E-state index contributed by atoms with van der Waals surface area (Å²) in [5.74, 6) is -0.508. The predicted molar refractivity (Wildman–Crippen MR) is 113 cm³/mol. The first kappa shape index (κ1) is 19.4. The summed E-state index contributed by atoms with van der Waals surface area (Å²) in [6, 6.07) is 11.1. The maximum atomic E-state index is 14.0. The topological polar surface area (TPSA) is 54.8 Å². The molecule has 0 amide bonds. The van der Waals surface area contributed by atoms with Crippen molar-refractivity contribution >= 4 is 0 Å². The molecule has 0 radical (unpaired) electrons. The maximum absolute atomic E-state index is 14.0. The van der Waals surface area contributed by atoms with Gasteiger partial charge in [0.15, 0.2) is 5.82 Å². The highest BCUT2D eigenvalue weighted by Gasteiger charge is 2.19. The van der Waals surface area contributed by atoms with Crippen molar-refractivity contribution < 1.29 is 8.78 Å². The minimum absolute atomic E-state index is 0.293. The molecule has 1 aliphatic heterocycles. The molecule has 0 saturated heterocycles. The van der Waals surface area contributed by atoms with E-state index < -0.39 is 11.6 Å². The zero-order valence-corrected chi connectivity index (χ0v) is 16.7. The zero-order valence-electron chi connectivity index (χ0n) is 16.7. The van der Waals surface area contributed by atoms with Crippen molar-refractivity contribution in [2.75, 3.05) is 6.54 Å². The molecule has 154 valence electrons. The summed E-state index contributed by atoms with van der Waals surface area (Å²) < 4.78 is 27.1. The summed E-state index contributed by atoms with van der Waals surface area (Å²) in [6.07, 6.45) is 7.99. The fourth-order valence-corrected chi connectivity index (χ4v) is 3.78. The van der Waals surface area contributed by atoms with Crippen molar-refractivity contribution in [2.24, 2.45) is 0 Å². The lowest BCUT2D eigenvalue weighted by molar-refractivity contribution is 0.242. The molecule has 3 aromatic heterocycles. The lowest BCUT2D eigenvalue weighted by atomic mass is 10.1. The van der Waals surface area contributed by atoms with Crippen LogP contribution >= 0.6 is 0 Å².